The lowest BCUT2D eigenvalue weighted by atomic mass is 10.3. The van der Waals surface area contributed by atoms with Gasteiger partial charge in [0, 0.05) is 42.7 Å². The molecule has 3 rings (SSSR count). The van der Waals surface area contributed by atoms with Crippen LogP contribution in [0, 0.1) is 6.07 Å². The number of carbonyl (C=O) groups is 1. The van der Waals surface area contributed by atoms with Gasteiger partial charge in [0.25, 0.3) is 5.91 Å². The van der Waals surface area contributed by atoms with Crippen LogP contribution < -0.4 is 10.5 Å². The maximum atomic E-state index is 11.0. The van der Waals surface area contributed by atoms with E-state index >= 15 is 0 Å². The molecule has 0 spiro atoms. The molecule has 7 nitrogen and oxygen atoms in total. The first-order chi connectivity index (χ1) is 10.2. The van der Waals surface area contributed by atoms with Crippen LogP contribution >= 0.6 is 0 Å². The van der Waals surface area contributed by atoms with Crippen LogP contribution in [0.5, 0.6) is 5.88 Å². The van der Waals surface area contributed by atoms with Gasteiger partial charge < -0.3 is 15.0 Å². The second-order valence-electron chi connectivity index (χ2n) is 4.54. The molecule has 3 aromatic rings. The lowest BCUT2D eigenvalue weighted by Gasteiger charge is -2.06. The largest absolute Gasteiger partial charge is 0.481 e. The summed E-state index contributed by atoms with van der Waals surface area (Å²) < 4.78 is 8.86. The molecule has 3 aromatic heterocycles. The van der Waals surface area contributed by atoms with E-state index in [1.165, 1.54) is 0 Å². The summed E-state index contributed by atoms with van der Waals surface area (Å²) in [6.07, 6.45) is 5.37. The highest BCUT2D eigenvalue weighted by molar-refractivity contribution is 5.90. The van der Waals surface area contributed by atoms with Gasteiger partial charge in [0.05, 0.1) is 19.2 Å². The standard InChI is InChI=1S/C14H14N5O2/c1-21-13-8-12-10(9-16-13)2-4-18(12)6-7-19-5-3-11(17-19)14(15)20/h2,4-5,8-9H,6-7H2,1H3,(H2,15,20). The van der Waals surface area contributed by atoms with Gasteiger partial charge in [0.15, 0.2) is 5.69 Å². The zero-order valence-corrected chi connectivity index (χ0v) is 11.5. The average Bonchev–Trinajstić information content (AvgIpc) is 3.11. The Hall–Kier alpha value is -2.83. The Labute approximate surface area is 120 Å². The molecule has 0 aliphatic carbocycles. The van der Waals surface area contributed by atoms with Gasteiger partial charge in [-0.1, -0.05) is 0 Å². The van der Waals surface area contributed by atoms with E-state index in [0.717, 1.165) is 10.9 Å². The van der Waals surface area contributed by atoms with Crippen molar-refractivity contribution in [3.8, 4) is 5.88 Å². The molecule has 0 aliphatic heterocycles. The molecule has 0 saturated heterocycles. The van der Waals surface area contributed by atoms with Crippen LogP contribution in [0.4, 0.5) is 0 Å². The Bertz CT molecular complexity index is 790. The summed E-state index contributed by atoms with van der Waals surface area (Å²) in [6.45, 7) is 1.31. The fourth-order valence-corrected chi connectivity index (χ4v) is 2.14. The van der Waals surface area contributed by atoms with Crippen molar-refractivity contribution in [2.45, 2.75) is 13.1 Å². The van der Waals surface area contributed by atoms with E-state index in [4.69, 9.17) is 10.5 Å². The number of nitrogens with zero attached hydrogens (tertiary/aromatic N) is 4. The molecule has 0 aliphatic rings. The van der Waals surface area contributed by atoms with E-state index in [-0.39, 0.29) is 5.69 Å². The van der Waals surface area contributed by atoms with Gasteiger partial charge in [0.2, 0.25) is 5.88 Å². The number of hydrogen-bond donors (Lipinski definition) is 1. The number of hydrogen-bond acceptors (Lipinski definition) is 4. The number of primary amides is 1. The third-order valence-electron chi connectivity index (χ3n) is 3.22. The molecule has 7 heteroatoms. The number of pyridine rings is 1. The number of aryl methyl sites for hydroxylation is 2. The van der Waals surface area contributed by atoms with Crippen LogP contribution in [-0.4, -0.2) is 32.3 Å². The summed E-state index contributed by atoms with van der Waals surface area (Å²) in [6, 6.07) is 6.61. The van der Waals surface area contributed by atoms with E-state index in [9.17, 15) is 4.79 Å². The number of aromatic nitrogens is 4. The molecule has 21 heavy (non-hydrogen) atoms. The van der Waals surface area contributed by atoms with Crippen LogP contribution in [0.2, 0.25) is 0 Å². The van der Waals surface area contributed by atoms with E-state index in [0.29, 0.717) is 19.0 Å². The van der Waals surface area contributed by atoms with Gasteiger partial charge in [-0.05, 0) is 6.07 Å². The second kappa shape index (κ2) is 5.28. The Morgan fingerprint density at radius 1 is 1.48 bits per heavy atom. The first-order valence-corrected chi connectivity index (χ1v) is 6.41. The molecule has 0 aromatic carbocycles. The summed E-state index contributed by atoms with van der Waals surface area (Å²) in [5, 5.41) is 5.10. The lowest BCUT2D eigenvalue weighted by Crippen LogP contribution is -2.13. The molecule has 1 amide bonds. The number of amides is 1. The summed E-state index contributed by atoms with van der Waals surface area (Å²) in [5.41, 5.74) is 6.34. The highest BCUT2D eigenvalue weighted by Gasteiger charge is 2.07. The van der Waals surface area contributed by atoms with Gasteiger partial charge >= 0.3 is 0 Å². The normalized spacial score (nSPS) is 10.9. The van der Waals surface area contributed by atoms with Crippen LogP contribution in [-0.2, 0) is 13.1 Å². The first-order valence-electron chi connectivity index (χ1n) is 6.41. The Morgan fingerprint density at radius 2 is 2.33 bits per heavy atom. The molecular formula is C14H14N5O2. The predicted molar refractivity (Wildman–Crippen MR) is 75.9 cm³/mol. The van der Waals surface area contributed by atoms with Crippen molar-refractivity contribution in [3.63, 3.8) is 0 Å². The van der Waals surface area contributed by atoms with Crippen molar-refractivity contribution in [3.05, 3.63) is 42.5 Å². The van der Waals surface area contributed by atoms with E-state index in [1.807, 2.05) is 18.3 Å². The molecule has 0 unspecified atom stereocenters. The van der Waals surface area contributed by atoms with Crippen molar-refractivity contribution in [1.82, 2.24) is 19.3 Å². The zero-order valence-electron chi connectivity index (χ0n) is 11.5. The minimum absolute atomic E-state index is 0.151. The fourth-order valence-electron chi connectivity index (χ4n) is 2.14. The van der Waals surface area contributed by atoms with Gasteiger partial charge in [-0.3, -0.25) is 9.48 Å². The third-order valence-corrected chi connectivity index (χ3v) is 3.22. The number of rotatable bonds is 5. The van der Waals surface area contributed by atoms with Crippen LogP contribution in [0.1, 0.15) is 10.5 Å². The molecule has 107 valence electrons. The fraction of sp³-hybridized carbons (Fsp3) is 0.214. The number of carbonyl (C=O) groups excluding carboxylic acids is 1. The van der Waals surface area contributed by atoms with Crippen LogP contribution in [0.3, 0.4) is 0 Å². The third kappa shape index (κ3) is 2.58. The number of nitrogens with two attached hydrogens (primary N) is 1. The molecule has 0 bridgehead atoms. The van der Waals surface area contributed by atoms with E-state index in [1.54, 1.807) is 24.2 Å². The van der Waals surface area contributed by atoms with Crippen molar-refractivity contribution in [2.24, 2.45) is 5.73 Å². The quantitative estimate of drug-likeness (QED) is 0.752. The number of fused-ring (bicyclic) bond motifs is 1. The van der Waals surface area contributed by atoms with E-state index in [2.05, 4.69) is 20.7 Å². The van der Waals surface area contributed by atoms with Crippen molar-refractivity contribution in [1.29, 1.82) is 0 Å². The number of ether oxygens (including phenoxy) is 1. The van der Waals surface area contributed by atoms with Crippen LogP contribution in [0.25, 0.3) is 10.9 Å². The molecule has 3 heterocycles. The summed E-state index contributed by atoms with van der Waals surface area (Å²) in [5.74, 6) is 0.00172. The Balaban J connectivity index is 1.79. The molecular weight excluding hydrogens is 270 g/mol. The van der Waals surface area contributed by atoms with Gasteiger partial charge in [-0.2, -0.15) is 5.10 Å². The molecule has 0 atom stereocenters. The molecule has 1 radical (unpaired) electrons. The maximum Gasteiger partial charge on any atom is 0.269 e. The Kier molecular flexibility index (Phi) is 3.31. The molecule has 0 fully saturated rings. The van der Waals surface area contributed by atoms with Gasteiger partial charge in [-0.15, -0.1) is 0 Å². The lowest BCUT2D eigenvalue weighted by molar-refractivity contribution is 0.0994. The summed E-state index contributed by atoms with van der Waals surface area (Å²) in [4.78, 5) is 15.2. The summed E-state index contributed by atoms with van der Waals surface area (Å²) >= 11 is 0. The topological polar surface area (TPSA) is 88.0 Å². The van der Waals surface area contributed by atoms with Gasteiger partial charge in [-0.25, -0.2) is 4.98 Å². The summed E-state index contributed by atoms with van der Waals surface area (Å²) in [7, 11) is 1.59. The average molecular weight is 284 g/mol. The van der Waals surface area contributed by atoms with Crippen molar-refractivity contribution in [2.75, 3.05) is 7.11 Å². The SMILES string of the molecule is COc1cc2c(ccn2CCn2c[c]c(C(N)=O)n2)cn1. The predicted octanol–water partition coefficient (Wildman–Crippen LogP) is 0.841. The highest BCUT2D eigenvalue weighted by atomic mass is 16.5. The smallest absolute Gasteiger partial charge is 0.269 e. The minimum atomic E-state index is -0.573. The molecule has 0 saturated carbocycles. The van der Waals surface area contributed by atoms with Crippen LogP contribution in [0.15, 0.2) is 30.7 Å². The highest BCUT2D eigenvalue weighted by Crippen LogP contribution is 2.19. The maximum absolute atomic E-state index is 11.0. The molecule has 2 N–H and O–H groups in total. The number of methoxy groups -OCH3 is 1. The van der Waals surface area contributed by atoms with Crippen molar-refractivity contribution >= 4 is 16.8 Å². The van der Waals surface area contributed by atoms with Gasteiger partial charge in [0.1, 0.15) is 0 Å². The van der Waals surface area contributed by atoms with Crippen molar-refractivity contribution < 1.29 is 9.53 Å². The first kappa shape index (κ1) is 13.2. The zero-order chi connectivity index (χ0) is 14.8. The Morgan fingerprint density at radius 3 is 3.05 bits per heavy atom. The minimum Gasteiger partial charge on any atom is -0.481 e. The second-order valence-corrected chi connectivity index (χ2v) is 4.54. The van der Waals surface area contributed by atoms with E-state index < -0.39 is 5.91 Å². The monoisotopic (exact) mass is 284 g/mol.